The molecule has 1 heterocycles. The summed E-state index contributed by atoms with van der Waals surface area (Å²) < 4.78 is 1.38. The van der Waals surface area contributed by atoms with E-state index in [1.165, 1.54) is 58.2 Å². The number of rotatable bonds is 6. The molecule has 0 bridgehead atoms. The van der Waals surface area contributed by atoms with Crippen LogP contribution < -0.4 is 24.0 Å². The SMILES string of the molecule is CCc1ccc2c(c1-c1cc([Si](C)(C)C)cc([Si](C)(C)C)c1)C=C(C(C)(C)C)[CH]2[Zr]([Cl])([Cl])[c]1cccc2c1[SiH2]c1ccccc1-2. The van der Waals surface area contributed by atoms with Crippen molar-refractivity contribution in [2.45, 2.75) is 77.0 Å². The van der Waals surface area contributed by atoms with E-state index < -0.39 is 43.5 Å². The van der Waals surface area contributed by atoms with E-state index in [4.69, 9.17) is 17.0 Å². The average Bonchev–Trinajstić information content (AvgIpc) is 3.55. The first-order valence-electron chi connectivity index (χ1n) is 16.6. The maximum absolute atomic E-state index is 8.03. The molecule has 1 aliphatic heterocycles. The Balaban J connectivity index is 1.60. The standard InChI is InChI=1S/C27H39Si2.C12H9Si.2ClH.Zr/c1-11-19-12-13-20-14-22(27(2,3)4)17-25(20)26(19)21-15-23(28(5,6)7)18-24(16-21)29(8,9)10;1-3-7-11-9(5-1)10-6-2-4-8-12(10)13-11;;;/h12-18H,11H2,1-10H3;1-7H,13H2;2*1H;/q;;;;+2/p-2. The zero-order valence-electron chi connectivity index (χ0n) is 28.8. The molecule has 0 aromatic heterocycles. The number of fused-ring (bicyclic) bond motifs is 4. The van der Waals surface area contributed by atoms with Gasteiger partial charge in [0, 0.05) is 0 Å². The summed E-state index contributed by atoms with van der Waals surface area (Å²) in [5.41, 5.74) is 11.1. The zero-order chi connectivity index (χ0) is 32.7. The molecule has 0 spiro atoms. The molecule has 6 rings (SSSR count). The molecule has 1 atom stereocenters. The van der Waals surface area contributed by atoms with Crippen molar-refractivity contribution in [2.24, 2.45) is 5.41 Å². The number of aryl methyl sites for hydroxylation is 1. The number of benzene rings is 4. The van der Waals surface area contributed by atoms with Crippen LogP contribution in [0.15, 0.2) is 78.4 Å². The van der Waals surface area contributed by atoms with Crippen LogP contribution in [-0.2, 0) is 24.3 Å². The van der Waals surface area contributed by atoms with Gasteiger partial charge in [-0.2, -0.15) is 0 Å². The van der Waals surface area contributed by atoms with E-state index in [1.807, 2.05) is 0 Å². The summed E-state index contributed by atoms with van der Waals surface area (Å²) in [5, 5.41) is 6.12. The van der Waals surface area contributed by atoms with Gasteiger partial charge in [-0.05, 0) is 0 Å². The molecule has 0 saturated carbocycles. The van der Waals surface area contributed by atoms with Crippen molar-refractivity contribution in [3.05, 3.63) is 95.1 Å². The van der Waals surface area contributed by atoms with E-state index >= 15 is 0 Å². The molecule has 1 unspecified atom stereocenters. The van der Waals surface area contributed by atoms with Crippen LogP contribution >= 0.6 is 17.0 Å². The third-order valence-corrected chi connectivity index (χ3v) is 28.3. The molecule has 6 heteroatoms. The summed E-state index contributed by atoms with van der Waals surface area (Å²) in [4.78, 5) is 0. The molecular weight excluding hydrogens is 715 g/mol. The number of allylic oxidation sites excluding steroid dienone is 1. The fraction of sp³-hybridized carbons (Fsp3) is 0.333. The van der Waals surface area contributed by atoms with Crippen molar-refractivity contribution in [3.63, 3.8) is 0 Å². The van der Waals surface area contributed by atoms with Gasteiger partial charge in [-0.1, -0.05) is 0 Å². The van der Waals surface area contributed by atoms with Crippen molar-refractivity contribution in [1.82, 2.24) is 0 Å². The molecule has 0 nitrogen and oxygen atoms in total. The van der Waals surface area contributed by atoms with E-state index in [0.29, 0.717) is 0 Å². The molecule has 2 aliphatic rings. The minimum atomic E-state index is -4.09. The average molecular weight is 763 g/mol. The monoisotopic (exact) mass is 760 g/mol. The van der Waals surface area contributed by atoms with Gasteiger partial charge in [-0.15, -0.1) is 0 Å². The molecular formula is C39H48Cl2Si3Zr. The van der Waals surface area contributed by atoms with Crippen LogP contribution in [0.5, 0.6) is 0 Å². The summed E-state index contributed by atoms with van der Waals surface area (Å²) in [6, 6.07) is 28.2. The first kappa shape index (κ1) is 33.6. The van der Waals surface area contributed by atoms with E-state index in [0.717, 1.165) is 6.42 Å². The Morgan fingerprint density at radius 2 is 1.40 bits per heavy atom. The topological polar surface area (TPSA) is 0 Å². The molecule has 4 aromatic carbocycles. The van der Waals surface area contributed by atoms with E-state index in [-0.39, 0.29) is 9.04 Å². The van der Waals surface area contributed by atoms with Crippen LogP contribution in [0.3, 0.4) is 0 Å². The molecule has 234 valence electrons. The van der Waals surface area contributed by atoms with Crippen LogP contribution in [0, 0.1) is 5.41 Å². The Morgan fingerprint density at radius 3 is 2.00 bits per heavy atom. The second-order valence-corrected chi connectivity index (χ2v) is 42.3. The van der Waals surface area contributed by atoms with Crippen LogP contribution in [0.2, 0.25) is 39.3 Å². The fourth-order valence-electron chi connectivity index (χ4n) is 7.43. The summed E-state index contributed by atoms with van der Waals surface area (Å²) in [6.07, 6.45) is 3.52. The molecule has 4 aromatic rings. The van der Waals surface area contributed by atoms with Gasteiger partial charge in [0.2, 0.25) is 0 Å². The summed E-state index contributed by atoms with van der Waals surface area (Å²) >= 11 is -4.09. The van der Waals surface area contributed by atoms with Crippen LogP contribution in [0.1, 0.15) is 48.0 Å². The van der Waals surface area contributed by atoms with Crippen molar-refractivity contribution < 1.29 is 17.9 Å². The number of hydrogen-bond donors (Lipinski definition) is 0. The Labute approximate surface area is 288 Å². The Bertz CT molecular complexity index is 1820. The second kappa shape index (κ2) is 11.7. The van der Waals surface area contributed by atoms with Gasteiger partial charge < -0.3 is 0 Å². The quantitative estimate of drug-likeness (QED) is 0.153. The van der Waals surface area contributed by atoms with Crippen LogP contribution in [-0.4, -0.2) is 25.7 Å². The van der Waals surface area contributed by atoms with Gasteiger partial charge >= 0.3 is 290 Å². The van der Waals surface area contributed by atoms with Crippen molar-refractivity contribution >= 4 is 72.8 Å². The van der Waals surface area contributed by atoms with Gasteiger partial charge in [0.1, 0.15) is 0 Å². The third-order valence-electron chi connectivity index (χ3n) is 10.1. The molecule has 0 saturated heterocycles. The zero-order valence-corrected chi connectivity index (χ0v) is 36.1. The van der Waals surface area contributed by atoms with Crippen LogP contribution in [0.4, 0.5) is 0 Å². The Morgan fingerprint density at radius 1 is 0.778 bits per heavy atom. The molecule has 0 N–H and O–H groups in total. The first-order valence-corrected chi connectivity index (χ1v) is 33.9. The predicted octanol–water partition coefficient (Wildman–Crippen LogP) is 8.38. The van der Waals surface area contributed by atoms with E-state index in [2.05, 4.69) is 146 Å². The van der Waals surface area contributed by atoms with Gasteiger partial charge in [0.05, 0.1) is 0 Å². The van der Waals surface area contributed by atoms with Gasteiger partial charge in [0.15, 0.2) is 0 Å². The van der Waals surface area contributed by atoms with Crippen molar-refractivity contribution in [3.8, 4) is 22.3 Å². The molecule has 45 heavy (non-hydrogen) atoms. The van der Waals surface area contributed by atoms with Gasteiger partial charge in [-0.25, -0.2) is 0 Å². The minimum absolute atomic E-state index is 0.0543. The van der Waals surface area contributed by atoms with Gasteiger partial charge in [0.25, 0.3) is 0 Å². The van der Waals surface area contributed by atoms with Gasteiger partial charge in [-0.3, -0.25) is 0 Å². The Hall–Kier alpha value is -1.27. The third kappa shape index (κ3) is 6.00. The van der Waals surface area contributed by atoms with E-state index in [9.17, 15) is 0 Å². The summed E-state index contributed by atoms with van der Waals surface area (Å²) in [5.74, 6) is 0. The maximum atomic E-state index is 8.03. The molecule has 1 aliphatic carbocycles. The number of hydrogen-bond acceptors (Lipinski definition) is 0. The number of halogens is 2. The summed E-state index contributed by atoms with van der Waals surface area (Å²) in [7, 11) is 12.3. The fourth-order valence-corrected chi connectivity index (χ4v) is 27.1. The normalized spacial score (nSPS) is 16.9. The van der Waals surface area contributed by atoms with Crippen molar-refractivity contribution in [2.75, 3.05) is 0 Å². The predicted molar refractivity (Wildman–Crippen MR) is 208 cm³/mol. The first-order chi connectivity index (χ1) is 20.9. The summed E-state index contributed by atoms with van der Waals surface area (Å²) in [6.45, 7) is 24.2. The molecule has 0 fully saturated rings. The van der Waals surface area contributed by atoms with Crippen molar-refractivity contribution in [1.29, 1.82) is 0 Å². The molecule has 0 amide bonds. The second-order valence-electron chi connectivity index (χ2n) is 16.3. The molecule has 0 radical (unpaired) electrons. The Kier molecular flexibility index (Phi) is 8.75. The van der Waals surface area contributed by atoms with E-state index in [1.54, 1.807) is 10.4 Å². The van der Waals surface area contributed by atoms with Crippen LogP contribution in [0.25, 0.3) is 28.3 Å².